The maximum absolute atomic E-state index is 12.1. The van der Waals surface area contributed by atoms with Crippen LogP contribution in [0.2, 0.25) is 0 Å². The maximum atomic E-state index is 12.1. The number of carboxylic acids is 1. The molecule has 2 heterocycles. The van der Waals surface area contributed by atoms with Gasteiger partial charge in [0.1, 0.15) is 5.75 Å². The molecule has 1 fully saturated rings. The summed E-state index contributed by atoms with van der Waals surface area (Å²) in [6, 6.07) is 17.6. The summed E-state index contributed by atoms with van der Waals surface area (Å²) in [5.41, 5.74) is 3.72. The van der Waals surface area contributed by atoms with E-state index in [-0.39, 0.29) is 5.92 Å². The van der Waals surface area contributed by atoms with Gasteiger partial charge in [0.05, 0.1) is 24.6 Å². The lowest BCUT2D eigenvalue weighted by Crippen LogP contribution is -2.43. The van der Waals surface area contributed by atoms with Crippen molar-refractivity contribution in [3.05, 3.63) is 84.2 Å². The second-order valence-corrected chi connectivity index (χ2v) is 9.04. The molecule has 2 N–H and O–H groups in total. The average molecular weight is 461 g/mol. The highest BCUT2D eigenvalue weighted by atomic mass is 16.5. The Bertz CT molecular complexity index is 1150. The number of methoxy groups -OCH3 is 1. The molecule has 6 nitrogen and oxygen atoms in total. The van der Waals surface area contributed by atoms with Gasteiger partial charge in [-0.3, -0.25) is 9.78 Å². The van der Waals surface area contributed by atoms with Crippen molar-refractivity contribution in [1.29, 1.82) is 0 Å². The number of piperidine rings is 1. The zero-order valence-electron chi connectivity index (χ0n) is 19.6. The minimum atomic E-state index is -0.782. The van der Waals surface area contributed by atoms with Crippen LogP contribution in [0.25, 0.3) is 10.9 Å². The van der Waals surface area contributed by atoms with Gasteiger partial charge < -0.3 is 19.8 Å². The monoisotopic (exact) mass is 460 g/mol. The van der Waals surface area contributed by atoms with Crippen LogP contribution < -0.4 is 4.74 Å². The summed E-state index contributed by atoms with van der Waals surface area (Å²) in [6.07, 6.45) is 3.63. The molecule has 0 spiro atoms. The van der Waals surface area contributed by atoms with E-state index in [1.807, 2.05) is 42.5 Å². The molecule has 0 amide bonds. The van der Waals surface area contributed by atoms with E-state index in [1.165, 1.54) is 5.56 Å². The van der Waals surface area contributed by atoms with Crippen LogP contribution in [-0.4, -0.2) is 46.3 Å². The van der Waals surface area contributed by atoms with Crippen molar-refractivity contribution in [3.8, 4) is 5.75 Å². The predicted molar refractivity (Wildman–Crippen MR) is 133 cm³/mol. The maximum Gasteiger partial charge on any atom is 0.308 e. The summed E-state index contributed by atoms with van der Waals surface area (Å²) < 4.78 is 5.33. The molecule has 1 aliphatic heterocycles. The second-order valence-electron chi connectivity index (χ2n) is 9.04. The number of aliphatic hydroxyl groups excluding tert-OH is 1. The molecule has 6 heteroatoms. The number of rotatable bonds is 9. The zero-order chi connectivity index (χ0) is 24.1. The molecule has 3 atom stereocenters. The van der Waals surface area contributed by atoms with Crippen molar-refractivity contribution < 1.29 is 19.7 Å². The highest BCUT2D eigenvalue weighted by Gasteiger charge is 2.35. The van der Waals surface area contributed by atoms with E-state index >= 15 is 0 Å². The Morgan fingerprint density at radius 2 is 2.03 bits per heavy atom. The molecule has 0 aliphatic carbocycles. The average Bonchev–Trinajstić information content (AvgIpc) is 2.86. The Labute approximate surface area is 200 Å². The molecule has 0 radical (unpaired) electrons. The van der Waals surface area contributed by atoms with E-state index < -0.39 is 18.0 Å². The van der Waals surface area contributed by atoms with Gasteiger partial charge in [-0.15, -0.1) is 0 Å². The van der Waals surface area contributed by atoms with Gasteiger partial charge in [-0.25, -0.2) is 0 Å². The van der Waals surface area contributed by atoms with Crippen molar-refractivity contribution >= 4 is 16.9 Å². The first-order valence-electron chi connectivity index (χ1n) is 11.8. The van der Waals surface area contributed by atoms with Crippen molar-refractivity contribution in [2.45, 2.75) is 31.8 Å². The van der Waals surface area contributed by atoms with Crippen LogP contribution in [0, 0.1) is 11.8 Å². The number of likely N-dealkylation sites (tertiary alicyclic amines) is 1. The number of ether oxygens (including phenoxy) is 1. The highest BCUT2D eigenvalue weighted by Crippen LogP contribution is 2.34. The molecular formula is C28H32N2O4. The van der Waals surface area contributed by atoms with Gasteiger partial charge in [-0.1, -0.05) is 36.9 Å². The summed E-state index contributed by atoms with van der Waals surface area (Å²) in [6.45, 7) is 5.47. The molecule has 178 valence electrons. The number of allylic oxidation sites excluding steroid dienone is 1. The van der Waals surface area contributed by atoms with Crippen LogP contribution in [0.1, 0.15) is 36.5 Å². The summed E-state index contributed by atoms with van der Waals surface area (Å²) >= 11 is 0. The highest BCUT2D eigenvalue weighted by molar-refractivity contribution is 5.83. The van der Waals surface area contributed by atoms with Crippen LogP contribution in [0.5, 0.6) is 5.75 Å². The van der Waals surface area contributed by atoms with Gasteiger partial charge in [-0.05, 0) is 60.6 Å². The number of aliphatic hydroxyl groups is 1. The molecular weight excluding hydrogens is 428 g/mol. The molecule has 0 unspecified atom stereocenters. The van der Waals surface area contributed by atoms with Crippen molar-refractivity contribution in [1.82, 2.24) is 9.88 Å². The van der Waals surface area contributed by atoms with E-state index in [4.69, 9.17) is 4.74 Å². The van der Waals surface area contributed by atoms with Gasteiger partial charge in [0.25, 0.3) is 0 Å². The molecule has 1 aromatic heterocycles. The Kier molecular flexibility index (Phi) is 7.48. The molecule has 2 aromatic carbocycles. The smallest absolute Gasteiger partial charge is 0.308 e. The third-order valence-corrected chi connectivity index (χ3v) is 6.92. The number of nitrogens with zero attached hydrogens (tertiary/aromatic N) is 2. The number of carboxylic acid groups (broad SMARTS) is 1. The van der Waals surface area contributed by atoms with E-state index in [2.05, 4.69) is 28.6 Å². The first-order valence-corrected chi connectivity index (χ1v) is 11.8. The minimum Gasteiger partial charge on any atom is -0.497 e. The Hall–Kier alpha value is -3.38. The van der Waals surface area contributed by atoms with Crippen LogP contribution >= 0.6 is 0 Å². The Morgan fingerprint density at radius 3 is 2.76 bits per heavy atom. The van der Waals surface area contributed by atoms with Gasteiger partial charge in [0.2, 0.25) is 0 Å². The van der Waals surface area contributed by atoms with E-state index in [1.54, 1.807) is 13.3 Å². The third-order valence-electron chi connectivity index (χ3n) is 6.92. The lowest BCUT2D eigenvalue weighted by Gasteiger charge is -2.39. The first kappa shape index (κ1) is 23.8. The predicted octanol–water partition coefficient (Wildman–Crippen LogP) is 4.84. The summed E-state index contributed by atoms with van der Waals surface area (Å²) in [5, 5.41) is 21.8. The van der Waals surface area contributed by atoms with E-state index in [0.717, 1.165) is 41.5 Å². The normalized spacial score (nSPS) is 19.1. The minimum absolute atomic E-state index is 0.00978. The molecule has 1 saturated heterocycles. The number of aliphatic carboxylic acids is 1. The summed E-state index contributed by atoms with van der Waals surface area (Å²) in [7, 11) is 1.61. The van der Waals surface area contributed by atoms with Crippen molar-refractivity contribution in [2.24, 2.45) is 11.8 Å². The Morgan fingerprint density at radius 1 is 1.24 bits per heavy atom. The van der Waals surface area contributed by atoms with Gasteiger partial charge in [0, 0.05) is 36.8 Å². The molecule has 1 aliphatic rings. The van der Waals surface area contributed by atoms with Gasteiger partial charge in [-0.2, -0.15) is 0 Å². The van der Waals surface area contributed by atoms with Gasteiger partial charge >= 0.3 is 5.97 Å². The molecule has 0 bridgehead atoms. The fourth-order valence-electron chi connectivity index (χ4n) is 4.95. The number of aromatic nitrogens is 1. The number of fused-ring (bicyclic) bond motifs is 1. The standard InChI is InChI=1S/C28H32N2O4/c1-19(16-20-6-4-3-5-7-20)30-15-13-21(25(18-30)28(32)33)8-11-27(31)23-12-14-29-26-10-9-22(34-2)17-24(23)26/h3-7,9-10,12,14,17,21,25,27,31H,1,8,11,13,15-16,18H2,2H3,(H,32,33)/t21-,25+,27+/m1/s1. The molecule has 34 heavy (non-hydrogen) atoms. The first-order chi connectivity index (χ1) is 16.5. The topological polar surface area (TPSA) is 82.9 Å². The lowest BCUT2D eigenvalue weighted by molar-refractivity contribution is -0.146. The second kappa shape index (κ2) is 10.7. The number of pyridine rings is 1. The molecule has 4 rings (SSSR count). The van der Waals surface area contributed by atoms with Gasteiger partial charge in [0.15, 0.2) is 0 Å². The number of hydrogen-bond acceptors (Lipinski definition) is 5. The fourth-order valence-corrected chi connectivity index (χ4v) is 4.95. The summed E-state index contributed by atoms with van der Waals surface area (Å²) in [5.74, 6) is -0.544. The lowest BCUT2D eigenvalue weighted by atomic mass is 9.81. The Balaban J connectivity index is 1.40. The van der Waals surface area contributed by atoms with E-state index in [0.29, 0.717) is 25.1 Å². The van der Waals surface area contributed by atoms with Crippen LogP contribution in [0.3, 0.4) is 0 Å². The quantitative estimate of drug-likeness (QED) is 0.476. The number of hydrogen-bond donors (Lipinski definition) is 2. The van der Waals surface area contributed by atoms with Crippen molar-refractivity contribution in [3.63, 3.8) is 0 Å². The van der Waals surface area contributed by atoms with Crippen LogP contribution in [-0.2, 0) is 11.2 Å². The zero-order valence-corrected chi connectivity index (χ0v) is 19.6. The number of benzene rings is 2. The van der Waals surface area contributed by atoms with E-state index in [9.17, 15) is 15.0 Å². The summed E-state index contributed by atoms with van der Waals surface area (Å²) in [4.78, 5) is 18.6. The van der Waals surface area contributed by atoms with Crippen LogP contribution in [0.15, 0.2) is 73.1 Å². The molecule has 0 saturated carbocycles. The van der Waals surface area contributed by atoms with Crippen molar-refractivity contribution in [2.75, 3.05) is 20.2 Å². The molecule has 3 aromatic rings. The third kappa shape index (κ3) is 5.39. The number of carbonyl (C=O) groups is 1. The van der Waals surface area contributed by atoms with Crippen LogP contribution in [0.4, 0.5) is 0 Å². The largest absolute Gasteiger partial charge is 0.497 e. The SMILES string of the molecule is C=C(Cc1ccccc1)N1CC[C@@H](CC[C@H](O)c2ccnc3ccc(OC)cc23)[C@@H](C(=O)O)C1. The fraction of sp³-hybridized carbons (Fsp3) is 0.357.